The predicted octanol–water partition coefficient (Wildman–Crippen LogP) is 3.22. The van der Waals surface area contributed by atoms with Crippen molar-refractivity contribution < 1.29 is 13.7 Å². The third kappa shape index (κ3) is 4.16. The van der Waals surface area contributed by atoms with Gasteiger partial charge in [0.15, 0.2) is 0 Å². The maximum Gasteiger partial charge on any atom is 0.231 e. The lowest BCUT2D eigenvalue weighted by Crippen LogP contribution is -2.28. The SMILES string of the molecule is O=C(CCn1nnc2cc(-c3noc(Cc4cccc(F)c4)n3)ccc21)N1CCCC1. The van der Waals surface area contributed by atoms with Gasteiger partial charge < -0.3 is 9.42 Å². The standard InChI is InChI=1S/C22H21FN6O2/c23-17-5-3-4-15(12-17)13-20-24-22(26-31-20)16-6-7-19-18(14-16)25-27-29(19)11-8-21(30)28-9-1-2-10-28/h3-7,12,14H,1-2,8-11,13H2. The monoisotopic (exact) mass is 420 g/mol. The van der Waals surface area contributed by atoms with Crippen molar-refractivity contribution in [3.8, 4) is 11.4 Å². The molecule has 1 saturated heterocycles. The highest BCUT2D eigenvalue weighted by Gasteiger charge is 2.18. The largest absolute Gasteiger partial charge is 0.343 e. The average molecular weight is 420 g/mol. The van der Waals surface area contributed by atoms with Crippen LogP contribution in [0.25, 0.3) is 22.4 Å². The minimum atomic E-state index is -0.298. The van der Waals surface area contributed by atoms with Crippen molar-refractivity contribution in [2.75, 3.05) is 13.1 Å². The number of aromatic nitrogens is 5. The Morgan fingerprint density at radius 2 is 2.00 bits per heavy atom. The molecule has 2 aromatic carbocycles. The first-order valence-electron chi connectivity index (χ1n) is 10.3. The Kier molecular flexibility index (Phi) is 5.15. The number of hydrogen-bond acceptors (Lipinski definition) is 6. The molecule has 0 aliphatic carbocycles. The summed E-state index contributed by atoms with van der Waals surface area (Å²) in [5.41, 5.74) is 3.06. The molecule has 0 N–H and O–H groups in total. The van der Waals surface area contributed by atoms with Crippen LogP contribution >= 0.6 is 0 Å². The molecule has 1 fully saturated rings. The number of carbonyl (C=O) groups is 1. The van der Waals surface area contributed by atoms with Gasteiger partial charge in [0.05, 0.1) is 18.5 Å². The van der Waals surface area contributed by atoms with Crippen molar-refractivity contribution in [2.24, 2.45) is 0 Å². The fraction of sp³-hybridized carbons (Fsp3) is 0.318. The summed E-state index contributed by atoms with van der Waals surface area (Å²) in [6.07, 6.45) is 2.93. The van der Waals surface area contributed by atoms with Crippen LogP contribution in [0.1, 0.15) is 30.7 Å². The molecule has 9 heteroatoms. The second-order valence-electron chi connectivity index (χ2n) is 7.67. The molecule has 3 heterocycles. The summed E-state index contributed by atoms with van der Waals surface area (Å²) in [6, 6.07) is 11.9. The zero-order valence-corrected chi connectivity index (χ0v) is 16.9. The van der Waals surface area contributed by atoms with Crippen molar-refractivity contribution >= 4 is 16.9 Å². The van der Waals surface area contributed by atoms with Crippen LogP contribution in [-0.2, 0) is 17.8 Å². The zero-order valence-electron chi connectivity index (χ0n) is 16.9. The van der Waals surface area contributed by atoms with Gasteiger partial charge in [-0.3, -0.25) is 4.79 Å². The summed E-state index contributed by atoms with van der Waals surface area (Å²) in [5, 5.41) is 12.5. The molecule has 0 spiro atoms. The van der Waals surface area contributed by atoms with E-state index in [9.17, 15) is 9.18 Å². The number of nitrogens with zero attached hydrogens (tertiary/aromatic N) is 6. The smallest absolute Gasteiger partial charge is 0.231 e. The summed E-state index contributed by atoms with van der Waals surface area (Å²) < 4.78 is 20.4. The summed E-state index contributed by atoms with van der Waals surface area (Å²) in [7, 11) is 0. The van der Waals surface area contributed by atoms with Gasteiger partial charge in [-0.15, -0.1) is 5.10 Å². The predicted molar refractivity (Wildman–Crippen MR) is 110 cm³/mol. The highest BCUT2D eigenvalue weighted by Crippen LogP contribution is 2.22. The molecule has 0 atom stereocenters. The minimum absolute atomic E-state index is 0.162. The maximum absolute atomic E-state index is 13.4. The molecular formula is C22H21FN6O2. The van der Waals surface area contributed by atoms with E-state index in [0.717, 1.165) is 42.6 Å². The molecule has 0 saturated carbocycles. The fourth-order valence-electron chi connectivity index (χ4n) is 3.87. The van der Waals surface area contributed by atoms with Gasteiger partial charge in [-0.2, -0.15) is 4.98 Å². The lowest BCUT2D eigenvalue weighted by Gasteiger charge is -2.14. The van der Waals surface area contributed by atoms with Crippen LogP contribution < -0.4 is 0 Å². The Morgan fingerprint density at radius 1 is 1.13 bits per heavy atom. The Morgan fingerprint density at radius 3 is 2.84 bits per heavy atom. The molecule has 0 radical (unpaired) electrons. The molecule has 31 heavy (non-hydrogen) atoms. The molecule has 4 aromatic rings. The number of amides is 1. The maximum atomic E-state index is 13.4. The van der Waals surface area contributed by atoms with E-state index < -0.39 is 0 Å². The van der Waals surface area contributed by atoms with Crippen molar-refractivity contribution in [1.29, 1.82) is 0 Å². The van der Waals surface area contributed by atoms with E-state index in [1.165, 1.54) is 12.1 Å². The Bertz CT molecular complexity index is 1230. The van der Waals surface area contributed by atoms with Crippen LogP contribution in [0.5, 0.6) is 0 Å². The van der Waals surface area contributed by atoms with Gasteiger partial charge in [0.25, 0.3) is 0 Å². The number of hydrogen-bond donors (Lipinski definition) is 0. The first kappa shape index (κ1) is 19.3. The second kappa shape index (κ2) is 8.25. The number of carbonyl (C=O) groups excluding carboxylic acids is 1. The highest BCUT2D eigenvalue weighted by molar-refractivity contribution is 5.80. The van der Waals surface area contributed by atoms with Crippen LogP contribution in [0.4, 0.5) is 4.39 Å². The number of rotatable bonds is 6. The molecule has 2 aromatic heterocycles. The molecule has 0 unspecified atom stereocenters. The van der Waals surface area contributed by atoms with Crippen LogP contribution in [0.3, 0.4) is 0 Å². The Hall–Kier alpha value is -3.62. The highest BCUT2D eigenvalue weighted by atomic mass is 19.1. The van der Waals surface area contributed by atoms with Crippen LogP contribution in [0.2, 0.25) is 0 Å². The van der Waals surface area contributed by atoms with Crippen LogP contribution in [0, 0.1) is 5.82 Å². The van der Waals surface area contributed by atoms with Crippen LogP contribution in [0.15, 0.2) is 47.0 Å². The van der Waals surface area contributed by atoms with E-state index in [1.807, 2.05) is 29.2 Å². The second-order valence-corrected chi connectivity index (χ2v) is 7.67. The van der Waals surface area contributed by atoms with E-state index in [2.05, 4.69) is 20.5 Å². The lowest BCUT2D eigenvalue weighted by atomic mass is 10.1. The first-order chi connectivity index (χ1) is 15.2. The third-order valence-electron chi connectivity index (χ3n) is 5.48. The number of halogens is 1. The van der Waals surface area contributed by atoms with Gasteiger partial charge in [-0.25, -0.2) is 9.07 Å². The quantitative estimate of drug-likeness (QED) is 0.476. The van der Waals surface area contributed by atoms with E-state index in [4.69, 9.17) is 4.52 Å². The molecule has 1 aliphatic rings. The van der Waals surface area contributed by atoms with Gasteiger partial charge in [-0.05, 0) is 48.7 Å². The van der Waals surface area contributed by atoms with E-state index in [0.29, 0.717) is 36.6 Å². The van der Waals surface area contributed by atoms with Crippen molar-refractivity contribution in [2.45, 2.75) is 32.2 Å². The molecular weight excluding hydrogens is 399 g/mol. The van der Waals surface area contributed by atoms with Gasteiger partial charge in [0, 0.05) is 25.1 Å². The number of benzene rings is 2. The molecule has 5 rings (SSSR count). The fourth-order valence-corrected chi connectivity index (χ4v) is 3.87. The van der Waals surface area contributed by atoms with Gasteiger partial charge in [-0.1, -0.05) is 22.5 Å². The topological polar surface area (TPSA) is 89.9 Å². The van der Waals surface area contributed by atoms with Crippen molar-refractivity contribution in [1.82, 2.24) is 30.0 Å². The third-order valence-corrected chi connectivity index (χ3v) is 5.48. The Labute approximate surface area is 177 Å². The Balaban J connectivity index is 1.29. The molecule has 8 nitrogen and oxygen atoms in total. The van der Waals surface area contributed by atoms with Crippen molar-refractivity contribution in [3.05, 3.63) is 59.7 Å². The van der Waals surface area contributed by atoms with E-state index >= 15 is 0 Å². The van der Waals surface area contributed by atoms with Gasteiger partial charge in [0.2, 0.25) is 17.6 Å². The summed E-state index contributed by atoms with van der Waals surface area (Å²) >= 11 is 0. The average Bonchev–Trinajstić information content (AvgIpc) is 3.53. The van der Waals surface area contributed by atoms with Gasteiger partial charge >= 0.3 is 0 Å². The number of aryl methyl sites for hydroxylation is 1. The normalized spacial score (nSPS) is 13.9. The minimum Gasteiger partial charge on any atom is -0.343 e. The van der Waals surface area contributed by atoms with E-state index in [1.54, 1.807) is 10.7 Å². The summed E-state index contributed by atoms with van der Waals surface area (Å²) in [4.78, 5) is 18.6. The molecule has 1 aliphatic heterocycles. The van der Waals surface area contributed by atoms with Crippen molar-refractivity contribution in [3.63, 3.8) is 0 Å². The molecule has 0 bridgehead atoms. The first-order valence-corrected chi connectivity index (χ1v) is 10.3. The summed E-state index contributed by atoms with van der Waals surface area (Å²) in [5.74, 6) is 0.708. The zero-order chi connectivity index (χ0) is 21.2. The van der Waals surface area contributed by atoms with Crippen LogP contribution in [-0.4, -0.2) is 49.0 Å². The summed E-state index contributed by atoms with van der Waals surface area (Å²) in [6.45, 7) is 2.20. The van der Waals surface area contributed by atoms with E-state index in [-0.39, 0.29) is 11.7 Å². The molecule has 1 amide bonds. The lowest BCUT2D eigenvalue weighted by molar-refractivity contribution is -0.130. The molecule has 158 valence electrons. The number of fused-ring (bicyclic) bond motifs is 1. The number of likely N-dealkylation sites (tertiary alicyclic amines) is 1. The van der Waals surface area contributed by atoms with Gasteiger partial charge in [0.1, 0.15) is 11.3 Å².